The van der Waals surface area contributed by atoms with E-state index in [0.29, 0.717) is 22.0 Å². The van der Waals surface area contributed by atoms with Gasteiger partial charge in [0.2, 0.25) is 0 Å². The molecule has 37 heavy (non-hydrogen) atoms. The average molecular weight is 532 g/mol. The molecule has 0 aromatic heterocycles. The molecule has 2 amide bonds. The molecule has 190 valence electrons. The van der Waals surface area contributed by atoms with Crippen LogP contribution < -0.4 is 4.90 Å². The van der Waals surface area contributed by atoms with Gasteiger partial charge in [-0.1, -0.05) is 66.7 Å². The van der Waals surface area contributed by atoms with E-state index in [0.717, 1.165) is 60.9 Å². The highest BCUT2D eigenvalue weighted by molar-refractivity contribution is 8.04. The number of amides is 2. The SMILES string of the molecule is CCCN1CCN(C(=O)c2ccc(C=C3Sc4ccccc4N(Cc4cccc(Cl)c4)C3=O)cc2)CC1. The minimum atomic E-state index is -0.0474. The van der Waals surface area contributed by atoms with Gasteiger partial charge in [0.1, 0.15) is 0 Å². The van der Waals surface area contributed by atoms with Crippen LogP contribution in [-0.4, -0.2) is 54.3 Å². The average Bonchev–Trinajstić information content (AvgIpc) is 2.92. The topological polar surface area (TPSA) is 43.9 Å². The zero-order valence-corrected chi connectivity index (χ0v) is 22.5. The summed E-state index contributed by atoms with van der Waals surface area (Å²) in [5.41, 5.74) is 3.44. The third kappa shape index (κ3) is 5.93. The van der Waals surface area contributed by atoms with Crippen molar-refractivity contribution in [3.8, 4) is 0 Å². The molecule has 1 saturated heterocycles. The van der Waals surface area contributed by atoms with E-state index >= 15 is 0 Å². The van der Waals surface area contributed by atoms with Gasteiger partial charge in [-0.15, -0.1) is 0 Å². The summed E-state index contributed by atoms with van der Waals surface area (Å²) in [5, 5.41) is 0.651. The Morgan fingerprint density at radius 3 is 2.46 bits per heavy atom. The highest BCUT2D eigenvalue weighted by Crippen LogP contribution is 2.42. The Labute approximate surface area is 227 Å². The fourth-order valence-electron chi connectivity index (χ4n) is 4.78. The van der Waals surface area contributed by atoms with Crippen LogP contribution in [0.1, 0.15) is 34.8 Å². The Kier molecular flexibility index (Phi) is 7.99. The van der Waals surface area contributed by atoms with Crippen LogP contribution in [0.4, 0.5) is 5.69 Å². The van der Waals surface area contributed by atoms with E-state index in [9.17, 15) is 9.59 Å². The van der Waals surface area contributed by atoms with Crippen molar-refractivity contribution in [1.29, 1.82) is 0 Å². The van der Waals surface area contributed by atoms with Crippen LogP contribution in [0, 0.1) is 0 Å². The van der Waals surface area contributed by atoms with Crippen molar-refractivity contribution in [2.45, 2.75) is 24.8 Å². The number of piperazine rings is 1. The molecule has 5 rings (SSSR count). The first-order valence-electron chi connectivity index (χ1n) is 12.7. The fraction of sp³-hybridized carbons (Fsp3) is 0.267. The molecule has 2 heterocycles. The number of nitrogens with zero attached hydrogens (tertiary/aromatic N) is 3. The summed E-state index contributed by atoms with van der Waals surface area (Å²) >= 11 is 7.67. The van der Waals surface area contributed by atoms with Crippen molar-refractivity contribution in [3.63, 3.8) is 0 Å². The van der Waals surface area contributed by atoms with Gasteiger partial charge in [-0.05, 0) is 66.6 Å². The molecular formula is C30H30ClN3O2S. The summed E-state index contributed by atoms with van der Waals surface area (Å²) in [6.45, 7) is 7.08. The predicted molar refractivity (Wildman–Crippen MR) is 152 cm³/mol. The molecule has 0 unspecified atom stereocenters. The maximum Gasteiger partial charge on any atom is 0.265 e. The van der Waals surface area contributed by atoms with E-state index in [2.05, 4.69) is 11.8 Å². The van der Waals surface area contributed by atoms with E-state index in [1.807, 2.05) is 83.8 Å². The number of carbonyl (C=O) groups is 2. The molecule has 0 N–H and O–H groups in total. The van der Waals surface area contributed by atoms with Crippen LogP contribution >= 0.6 is 23.4 Å². The lowest BCUT2D eigenvalue weighted by atomic mass is 10.1. The van der Waals surface area contributed by atoms with Crippen molar-refractivity contribution in [3.05, 3.63) is 99.4 Å². The third-order valence-electron chi connectivity index (χ3n) is 6.72. The van der Waals surface area contributed by atoms with Gasteiger partial charge in [0.15, 0.2) is 0 Å². The second-order valence-corrected chi connectivity index (χ2v) is 10.9. The van der Waals surface area contributed by atoms with E-state index in [-0.39, 0.29) is 11.8 Å². The first kappa shape index (κ1) is 25.6. The molecule has 0 saturated carbocycles. The maximum atomic E-state index is 13.6. The Hall–Kier alpha value is -3.06. The minimum absolute atomic E-state index is 0.0474. The summed E-state index contributed by atoms with van der Waals surface area (Å²) in [6, 6.07) is 23.1. The summed E-state index contributed by atoms with van der Waals surface area (Å²) in [6.07, 6.45) is 3.04. The molecule has 0 spiro atoms. The van der Waals surface area contributed by atoms with Crippen LogP contribution in [0.3, 0.4) is 0 Å². The van der Waals surface area contributed by atoms with Crippen LogP contribution in [-0.2, 0) is 11.3 Å². The zero-order valence-electron chi connectivity index (χ0n) is 20.9. The van der Waals surface area contributed by atoms with E-state index in [1.165, 1.54) is 11.8 Å². The van der Waals surface area contributed by atoms with Gasteiger partial charge in [-0.25, -0.2) is 0 Å². The molecule has 2 aliphatic heterocycles. The number of thioether (sulfide) groups is 1. The van der Waals surface area contributed by atoms with Gasteiger partial charge in [0.05, 0.1) is 17.1 Å². The number of halogens is 1. The number of fused-ring (bicyclic) bond motifs is 1. The van der Waals surface area contributed by atoms with Crippen molar-refractivity contribution in [2.75, 3.05) is 37.6 Å². The Morgan fingerprint density at radius 1 is 0.973 bits per heavy atom. The molecule has 1 fully saturated rings. The van der Waals surface area contributed by atoms with Crippen LogP contribution in [0.25, 0.3) is 6.08 Å². The van der Waals surface area contributed by atoms with Gasteiger partial charge in [0.25, 0.3) is 11.8 Å². The highest BCUT2D eigenvalue weighted by Gasteiger charge is 2.29. The normalized spacial score (nSPS) is 17.2. The van der Waals surface area contributed by atoms with Gasteiger partial charge in [0, 0.05) is 41.7 Å². The number of para-hydroxylation sites is 1. The Balaban J connectivity index is 1.33. The van der Waals surface area contributed by atoms with Crippen LogP contribution in [0.5, 0.6) is 0 Å². The number of hydrogen-bond acceptors (Lipinski definition) is 4. The lowest BCUT2D eigenvalue weighted by Crippen LogP contribution is -2.48. The van der Waals surface area contributed by atoms with E-state index in [1.54, 1.807) is 4.90 Å². The number of anilines is 1. The molecule has 0 aliphatic carbocycles. The van der Waals surface area contributed by atoms with Crippen molar-refractivity contribution in [2.24, 2.45) is 0 Å². The largest absolute Gasteiger partial charge is 0.336 e. The quantitative estimate of drug-likeness (QED) is 0.356. The molecule has 2 aliphatic rings. The second-order valence-electron chi connectivity index (χ2n) is 9.36. The minimum Gasteiger partial charge on any atom is -0.336 e. The van der Waals surface area contributed by atoms with E-state index in [4.69, 9.17) is 11.6 Å². The Morgan fingerprint density at radius 2 is 1.73 bits per heavy atom. The lowest BCUT2D eigenvalue weighted by molar-refractivity contribution is -0.114. The first-order chi connectivity index (χ1) is 18.0. The number of benzene rings is 3. The van der Waals surface area contributed by atoms with Gasteiger partial charge in [-0.2, -0.15) is 0 Å². The summed E-state index contributed by atoms with van der Waals surface area (Å²) in [5.74, 6) is 0.0221. The summed E-state index contributed by atoms with van der Waals surface area (Å²) < 4.78 is 0. The standard InChI is InChI=1S/C30H30ClN3O2S/c1-2-14-32-15-17-33(18-16-32)29(35)24-12-10-22(11-13-24)20-28-30(36)34(21-23-6-5-7-25(31)19-23)26-8-3-4-9-27(26)37-28/h3-13,19-20H,2,14-18,21H2,1H3. The fourth-order valence-corrected chi connectivity index (χ4v) is 6.06. The molecule has 5 nitrogen and oxygen atoms in total. The smallest absolute Gasteiger partial charge is 0.265 e. The Bertz CT molecular complexity index is 1320. The van der Waals surface area contributed by atoms with Crippen LogP contribution in [0.15, 0.2) is 82.6 Å². The number of hydrogen-bond donors (Lipinski definition) is 0. The van der Waals surface area contributed by atoms with Gasteiger partial charge < -0.3 is 9.80 Å². The lowest BCUT2D eigenvalue weighted by Gasteiger charge is -2.34. The maximum absolute atomic E-state index is 13.6. The third-order valence-corrected chi connectivity index (χ3v) is 8.03. The molecule has 3 aromatic rings. The van der Waals surface area contributed by atoms with Crippen molar-refractivity contribution >= 4 is 46.9 Å². The summed E-state index contributed by atoms with van der Waals surface area (Å²) in [4.78, 5) is 34.4. The highest BCUT2D eigenvalue weighted by atomic mass is 35.5. The molecule has 0 bridgehead atoms. The van der Waals surface area contributed by atoms with Crippen molar-refractivity contribution in [1.82, 2.24) is 9.80 Å². The zero-order chi connectivity index (χ0) is 25.8. The van der Waals surface area contributed by atoms with E-state index < -0.39 is 0 Å². The monoisotopic (exact) mass is 531 g/mol. The van der Waals surface area contributed by atoms with Crippen molar-refractivity contribution < 1.29 is 9.59 Å². The predicted octanol–water partition coefficient (Wildman–Crippen LogP) is 6.19. The first-order valence-corrected chi connectivity index (χ1v) is 13.9. The van der Waals surface area contributed by atoms with Crippen LogP contribution in [0.2, 0.25) is 5.02 Å². The molecule has 0 radical (unpaired) electrons. The van der Waals surface area contributed by atoms with Gasteiger partial charge in [-0.3, -0.25) is 14.5 Å². The number of carbonyl (C=O) groups excluding carboxylic acids is 2. The molecule has 7 heteroatoms. The molecule has 3 aromatic carbocycles. The number of rotatable bonds is 6. The summed E-state index contributed by atoms with van der Waals surface area (Å²) in [7, 11) is 0. The second kappa shape index (κ2) is 11.5. The van der Waals surface area contributed by atoms with Gasteiger partial charge >= 0.3 is 0 Å². The molecule has 0 atom stereocenters. The molecular weight excluding hydrogens is 502 g/mol.